The average molecular weight is 333 g/mol. The molecular formula is C20H32O2Si. The van der Waals surface area contributed by atoms with Gasteiger partial charge in [0.15, 0.2) is 8.32 Å². The molecule has 1 fully saturated rings. The third-order valence-corrected chi connectivity index (χ3v) is 11.8. The summed E-state index contributed by atoms with van der Waals surface area (Å²) in [5.41, 5.74) is 3.07. The van der Waals surface area contributed by atoms with Crippen molar-refractivity contribution in [2.24, 2.45) is 5.41 Å². The van der Waals surface area contributed by atoms with Crippen molar-refractivity contribution < 1.29 is 9.53 Å². The molecular weight excluding hydrogens is 300 g/mol. The van der Waals surface area contributed by atoms with Gasteiger partial charge in [-0.3, -0.25) is 0 Å². The molecule has 3 heteroatoms. The van der Waals surface area contributed by atoms with Gasteiger partial charge in [-0.25, -0.2) is 0 Å². The van der Waals surface area contributed by atoms with E-state index in [1.165, 1.54) is 23.1 Å². The Morgan fingerprint density at radius 2 is 1.83 bits per heavy atom. The van der Waals surface area contributed by atoms with E-state index in [2.05, 4.69) is 45.9 Å². The minimum absolute atomic E-state index is 0.0750. The summed E-state index contributed by atoms with van der Waals surface area (Å²) in [6, 6.07) is 3.37. The second-order valence-electron chi connectivity index (χ2n) is 7.84. The number of aliphatic hydroxyl groups is 1. The molecule has 0 unspecified atom stereocenters. The van der Waals surface area contributed by atoms with E-state index >= 15 is 0 Å². The van der Waals surface area contributed by atoms with Gasteiger partial charge in [0.25, 0.3) is 0 Å². The van der Waals surface area contributed by atoms with Gasteiger partial charge in [0.1, 0.15) is 11.7 Å². The minimum Gasteiger partial charge on any atom is -0.407 e. The van der Waals surface area contributed by atoms with Gasteiger partial charge in [0.2, 0.25) is 0 Å². The van der Waals surface area contributed by atoms with Crippen molar-refractivity contribution in [2.75, 3.05) is 0 Å². The quantitative estimate of drug-likeness (QED) is 0.708. The molecule has 3 aliphatic rings. The second kappa shape index (κ2) is 5.71. The topological polar surface area (TPSA) is 29.5 Å². The molecule has 0 aromatic carbocycles. The summed E-state index contributed by atoms with van der Waals surface area (Å²) in [5, 5.41) is 11.7. The number of allylic oxidation sites excluding steroid dienone is 3. The van der Waals surface area contributed by atoms with Crippen LogP contribution in [-0.4, -0.2) is 25.1 Å². The van der Waals surface area contributed by atoms with Gasteiger partial charge in [0, 0.05) is 5.41 Å². The lowest BCUT2D eigenvalue weighted by molar-refractivity contribution is -0.149. The summed E-state index contributed by atoms with van der Waals surface area (Å²) in [4.78, 5) is 0. The van der Waals surface area contributed by atoms with Gasteiger partial charge in [-0.2, -0.15) is 0 Å². The maximum Gasteiger partial charge on any atom is 0.193 e. The summed E-state index contributed by atoms with van der Waals surface area (Å²) in [5.74, 6) is 0. The zero-order valence-electron chi connectivity index (χ0n) is 15.4. The van der Waals surface area contributed by atoms with E-state index in [9.17, 15) is 5.11 Å². The first-order valence-electron chi connectivity index (χ1n) is 9.37. The SMILES string of the molecule is CC[Si](CC)(CC)O[C@@H]1C2=CC=CC2=C(C)C2(CCC2)[C@@]1(C)O. The zero-order valence-corrected chi connectivity index (χ0v) is 16.4. The van der Waals surface area contributed by atoms with Crippen LogP contribution in [0.1, 0.15) is 53.9 Å². The van der Waals surface area contributed by atoms with Gasteiger partial charge >= 0.3 is 0 Å². The lowest BCUT2D eigenvalue weighted by atomic mass is 9.50. The summed E-state index contributed by atoms with van der Waals surface area (Å²) >= 11 is 0. The van der Waals surface area contributed by atoms with Crippen LogP contribution in [0.5, 0.6) is 0 Å². The molecule has 3 rings (SSSR count). The predicted molar refractivity (Wildman–Crippen MR) is 98.9 cm³/mol. The molecule has 0 amide bonds. The van der Waals surface area contributed by atoms with Crippen molar-refractivity contribution in [2.45, 2.75) is 83.7 Å². The summed E-state index contributed by atoms with van der Waals surface area (Å²) in [6.45, 7) is 11.1. The molecule has 2 nitrogen and oxygen atoms in total. The molecule has 0 heterocycles. The van der Waals surface area contributed by atoms with Crippen LogP contribution in [0.15, 0.2) is 34.9 Å². The Bertz CT molecular complexity index is 566. The minimum atomic E-state index is -1.78. The molecule has 0 bridgehead atoms. The second-order valence-corrected chi connectivity index (χ2v) is 12.6. The Labute approximate surface area is 142 Å². The Hall–Kier alpha value is -0.643. The first-order chi connectivity index (χ1) is 10.9. The number of rotatable bonds is 5. The maximum atomic E-state index is 11.7. The molecule has 1 N–H and O–H groups in total. The van der Waals surface area contributed by atoms with Crippen molar-refractivity contribution in [1.29, 1.82) is 0 Å². The van der Waals surface area contributed by atoms with Crippen molar-refractivity contribution in [1.82, 2.24) is 0 Å². The third-order valence-electron chi connectivity index (χ3n) is 7.24. The maximum absolute atomic E-state index is 11.7. The van der Waals surface area contributed by atoms with E-state index in [1.54, 1.807) is 0 Å². The Balaban J connectivity index is 2.06. The Morgan fingerprint density at radius 3 is 2.30 bits per heavy atom. The average Bonchev–Trinajstić information content (AvgIpc) is 2.96. The molecule has 128 valence electrons. The molecule has 0 saturated heterocycles. The highest BCUT2D eigenvalue weighted by atomic mass is 28.4. The molecule has 1 saturated carbocycles. The highest BCUT2D eigenvalue weighted by molar-refractivity contribution is 6.73. The van der Waals surface area contributed by atoms with Gasteiger partial charge < -0.3 is 9.53 Å². The summed E-state index contributed by atoms with van der Waals surface area (Å²) in [6.07, 6.45) is 9.76. The van der Waals surface area contributed by atoms with Gasteiger partial charge in [0.05, 0.1) is 0 Å². The fourth-order valence-corrected chi connectivity index (χ4v) is 7.89. The molecule has 3 aliphatic carbocycles. The molecule has 0 aliphatic heterocycles. The molecule has 0 aromatic rings. The fraction of sp³-hybridized carbons (Fsp3) is 0.700. The highest BCUT2D eigenvalue weighted by Gasteiger charge is 2.61. The van der Waals surface area contributed by atoms with Crippen molar-refractivity contribution in [3.8, 4) is 0 Å². The van der Waals surface area contributed by atoms with Crippen LogP contribution in [0, 0.1) is 5.41 Å². The lowest BCUT2D eigenvalue weighted by Crippen LogP contribution is -2.63. The van der Waals surface area contributed by atoms with Gasteiger partial charge in [-0.1, -0.05) is 51.0 Å². The van der Waals surface area contributed by atoms with E-state index in [0.717, 1.165) is 31.0 Å². The monoisotopic (exact) mass is 332 g/mol. The first kappa shape index (κ1) is 17.2. The van der Waals surface area contributed by atoms with Crippen LogP contribution >= 0.6 is 0 Å². The smallest absolute Gasteiger partial charge is 0.193 e. The van der Waals surface area contributed by atoms with E-state index in [0.29, 0.717) is 0 Å². The van der Waals surface area contributed by atoms with Crippen LogP contribution in [0.25, 0.3) is 0 Å². The van der Waals surface area contributed by atoms with Crippen molar-refractivity contribution >= 4 is 8.32 Å². The van der Waals surface area contributed by atoms with Gasteiger partial charge in [-0.05, 0) is 56.0 Å². The van der Waals surface area contributed by atoms with E-state index < -0.39 is 13.9 Å². The normalized spacial score (nSPS) is 32.1. The largest absolute Gasteiger partial charge is 0.407 e. The molecule has 23 heavy (non-hydrogen) atoms. The highest BCUT2D eigenvalue weighted by Crippen LogP contribution is 2.62. The molecule has 0 radical (unpaired) electrons. The third kappa shape index (κ3) is 2.20. The molecule has 0 aromatic heterocycles. The van der Waals surface area contributed by atoms with Crippen molar-refractivity contribution in [3.05, 3.63) is 34.9 Å². The standard InChI is InChI=1S/C20H32O2Si/c1-6-23(7-2,8-3)22-18-17-12-9-11-16(17)15(4)20(13-10-14-20)19(18,5)21/h9,11-12,18,21H,6-8,10,13-14H2,1-5H3/t18-,19+/m1/s1. The van der Waals surface area contributed by atoms with Crippen molar-refractivity contribution in [3.63, 3.8) is 0 Å². The van der Waals surface area contributed by atoms with Crippen LogP contribution < -0.4 is 0 Å². The van der Waals surface area contributed by atoms with Crippen LogP contribution in [0.3, 0.4) is 0 Å². The summed E-state index contributed by atoms with van der Waals surface area (Å²) < 4.78 is 6.88. The summed E-state index contributed by atoms with van der Waals surface area (Å²) in [7, 11) is -1.78. The van der Waals surface area contributed by atoms with Crippen LogP contribution in [0.2, 0.25) is 18.1 Å². The first-order valence-corrected chi connectivity index (χ1v) is 11.9. The predicted octanol–water partition coefficient (Wildman–Crippen LogP) is 5.12. The molecule has 2 atom stereocenters. The van der Waals surface area contributed by atoms with E-state index in [1.807, 2.05) is 6.92 Å². The molecule has 1 spiro atoms. The van der Waals surface area contributed by atoms with Crippen LogP contribution in [-0.2, 0) is 4.43 Å². The van der Waals surface area contributed by atoms with E-state index in [-0.39, 0.29) is 11.5 Å². The number of hydrogen-bond donors (Lipinski definition) is 1. The van der Waals surface area contributed by atoms with Gasteiger partial charge in [-0.15, -0.1) is 0 Å². The zero-order chi connectivity index (χ0) is 16.9. The number of hydrogen-bond acceptors (Lipinski definition) is 2. The Morgan fingerprint density at radius 1 is 1.22 bits per heavy atom. The fourth-order valence-electron chi connectivity index (χ4n) is 5.03. The van der Waals surface area contributed by atoms with Crippen LogP contribution in [0.4, 0.5) is 0 Å². The number of fused-ring (bicyclic) bond motifs is 1. The lowest BCUT2D eigenvalue weighted by Gasteiger charge is -2.60. The Kier molecular flexibility index (Phi) is 4.27. The van der Waals surface area contributed by atoms with E-state index in [4.69, 9.17) is 4.43 Å².